The second kappa shape index (κ2) is 8.50. The Kier molecular flexibility index (Phi) is 5.49. The van der Waals surface area contributed by atoms with Gasteiger partial charge in [0, 0.05) is 12.6 Å². The summed E-state index contributed by atoms with van der Waals surface area (Å²) in [7, 11) is -2.42. The minimum atomic E-state index is -4.05. The second-order valence-electron chi connectivity index (χ2n) is 8.04. The van der Waals surface area contributed by atoms with Crippen LogP contribution in [0.3, 0.4) is 0 Å². The lowest BCUT2D eigenvalue weighted by molar-refractivity contribution is 0.415. The van der Waals surface area contributed by atoms with Crippen LogP contribution in [0.4, 0.5) is 0 Å². The Bertz CT molecular complexity index is 1620. The Hall–Kier alpha value is -3.84. The van der Waals surface area contributed by atoms with Crippen LogP contribution >= 0.6 is 0 Å². The van der Waals surface area contributed by atoms with E-state index >= 15 is 0 Å². The summed E-state index contributed by atoms with van der Waals surface area (Å²) in [6, 6.07) is 23.7. The van der Waals surface area contributed by atoms with E-state index in [1.807, 2.05) is 66.9 Å². The maximum absolute atomic E-state index is 13.2. The highest BCUT2D eigenvalue weighted by Gasteiger charge is 2.24. The molecule has 6 nitrogen and oxygen atoms in total. The standard InChI is InChI=1S/C27H24N2O4S/c1-4-29-24-17-20(32-3)12-15-23(24)28-27(29)26-22-8-6-5-7-19(22)11-16-25(26)33-34(30,31)21-13-9-18(2)10-14-21/h5-17H,4H2,1-3H3. The van der Waals surface area contributed by atoms with Crippen LogP contribution in [-0.4, -0.2) is 25.1 Å². The molecule has 1 heterocycles. The van der Waals surface area contributed by atoms with Crippen molar-refractivity contribution in [1.29, 1.82) is 0 Å². The van der Waals surface area contributed by atoms with Gasteiger partial charge in [0.1, 0.15) is 16.5 Å². The molecule has 0 radical (unpaired) electrons. The lowest BCUT2D eigenvalue weighted by atomic mass is 10.0. The number of rotatable bonds is 6. The first-order chi connectivity index (χ1) is 16.4. The monoisotopic (exact) mass is 472 g/mol. The van der Waals surface area contributed by atoms with Gasteiger partial charge in [-0.1, -0.05) is 48.0 Å². The van der Waals surface area contributed by atoms with E-state index in [-0.39, 0.29) is 10.6 Å². The Labute approximate surface area is 198 Å². The van der Waals surface area contributed by atoms with E-state index in [0.717, 1.165) is 33.1 Å². The molecule has 0 unspecified atom stereocenters. The summed E-state index contributed by atoms with van der Waals surface area (Å²) in [5.74, 6) is 1.60. The Morgan fingerprint density at radius 3 is 2.44 bits per heavy atom. The molecule has 5 rings (SSSR count). The maximum atomic E-state index is 13.2. The Morgan fingerprint density at radius 1 is 0.941 bits per heavy atom. The number of fused-ring (bicyclic) bond motifs is 2. The Morgan fingerprint density at radius 2 is 1.71 bits per heavy atom. The summed E-state index contributed by atoms with van der Waals surface area (Å²) in [6.45, 7) is 4.56. The van der Waals surface area contributed by atoms with E-state index in [1.165, 1.54) is 0 Å². The number of methoxy groups -OCH3 is 1. The van der Waals surface area contributed by atoms with Crippen molar-refractivity contribution in [3.63, 3.8) is 0 Å². The van der Waals surface area contributed by atoms with Crippen molar-refractivity contribution in [2.75, 3.05) is 7.11 Å². The topological polar surface area (TPSA) is 70.4 Å². The van der Waals surface area contributed by atoms with Crippen molar-refractivity contribution in [1.82, 2.24) is 9.55 Å². The molecule has 4 aromatic carbocycles. The number of hydrogen-bond acceptors (Lipinski definition) is 5. The molecule has 0 aliphatic rings. The fraction of sp³-hybridized carbons (Fsp3) is 0.148. The first kappa shape index (κ1) is 22.0. The normalized spacial score (nSPS) is 11.7. The third-order valence-corrected chi connectivity index (χ3v) is 7.14. The van der Waals surface area contributed by atoms with Crippen molar-refractivity contribution in [2.45, 2.75) is 25.3 Å². The molecule has 1 aromatic heterocycles. The number of imidazole rings is 1. The van der Waals surface area contributed by atoms with Gasteiger partial charge in [-0.25, -0.2) is 4.98 Å². The first-order valence-corrected chi connectivity index (χ1v) is 12.4. The molecule has 0 aliphatic carbocycles. The highest BCUT2D eigenvalue weighted by atomic mass is 32.2. The second-order valence-corrected chi connectivity index (χ2v) is 9.59. The van der Waals surface area contributed by atoms with Gasteiger partial charge in [0.15, 0.2) is 5.75 Å². The lowest BCUT2D eigenvalue weighted by Crippen LogP contribution is -2.11. The zero-order chi connectivity index (χ0) is 23.9. The lowest BCUT2D eigenvalue weighted by Gasteiger charge is -2.15. The molecule has 34 heavy (non-hydrogen) atoms. The van der Waals surface area contributed by atoms with Gasteiger partial charge in [0.05, 0.1) is 23.7 Å². The van der Waals surface area contributed by atoms with E-state index in [0.29, 0.717) is 17.9 Å². The quantitative estimate of drug-likeness (QED) is 0.285. The smallest absolute Gasteiger partial charge is 0.339 e. The van der Waals surface area contributed by atoms with Crippen LogP contribution in [-0.2, 0) is 16.7 Å². The molecule has 0 saturated carbocycles. The van der Waals surface area contributed by atoms with Crippen LogP contribution in [0.15, 0.2) is 83.8 Å². The molecule has 7 heteroatoms. The predicted molar refractivity (Wildman–Crippen MR) is 134 cm³/mol. The molecule has 0 atom stereocenters. The number of hydrogen-bond donors (Lipinski definition) is 0. The maximum Gasteiger partial charge on any atom is 0.339 e. The number of aryl methyl sites for hydroxylation is 2. The van der Waals surface area contributed by atoms with Gasteiger partial charge in [-0.15, -0.1) is 0 Å². The minimum Gasteiger partial charge on any atom is -0.497 e. The van der Waals surface area contributed by atoms with E-state index in [9.17, 15) is 8.42 Å². The molecule has 0 saturated heterocycles. The van der Waals surface area contributed by atoms with Gasteiger partial charge < -0.3 is 13.5 Å². The SMILES string of the molecule is CCn1c(-c2c(OS(=O)(=O)c3ccc(C)cc3)ccc3ccccc23)nc2ccc(OC)cc21. The van der Waals surface area contributed by atoms with Crippen molar-refractivity contribution >= 4 is 31.9 Å². The predicted octanol–water partition coefficient (Wildman–Crippen LogP) is 5.96. The van der Waals surface area contributed by atoms with Crippen LogP contribution in [0.1, 0.15) is 12.5 Å². The highest BCUT2D eigenvalue weighted by Crippen LogP contribution is 2.39. The van der Waals surface area contributed by atoms with Crippen LogP contribution in [0, 0.1) is 6.92 Å². The fourth-order valence-electron chi connectivity index (χ4n) is 4.16. The third kappa shape index (κ3) is 3.78. The van der Waals surface area contributed by atoms with Crippen LogP contribution in [0.25, 0.3) is 33.2 Å². The summed E-state index contributed by atoms with van der Waals surface area (Å²) in [5, 5.41) is 1.82. The van der Waals surface area contributed by atoms with Crippen LogP contribution < -0.4 is 8.92 Å². The molecule has 0 N–H and O–H groups in total. The van der Waals surface area contributed by atoms with E-state index in [1.54, 1.807) is 37.4 Å². The zero-order valence-corrected chi connectivity index (χ0v) is 20.0. The molecular formula is C27H24N2O4S. The molecule has 0 aliphatic heterocycles. The fourth-order valence-corrected chi connectivity index (χ4v) is 5.10. The molecule has 172 valence electrons. The number of nitrogens with zero attached hydrogens (tertiary/aromatic N) is 2. The van der Waals surface area contributed by atoms with Crippen molar-refractivity contribution in [3.05, 3.63) is 84.4 Å². The molecule has 0 amide bonds. The molecule has 5 aromatic rings. The van der Waals surface area contributed by atoms with Crippen molar-refractivity contribution < 1.29 is 17.3 Å². The number of ether oxygens (including phenoxy) is 1. The molecule has 0 spiro atoms. The van der Waals surface area contributed by atoms with Crippen molar-refractivity contribution in [3.8, 4) is 22.9 Å². The zero-order valence-electron chi connectivity index (χ0n) is 19.1. The summed E-state index contributed by atoms with van der Waals surface area (Å²) >= 11 is 0. The third-order valence-electron chi connectivity index (χ3n) is 5.90. The van der Waals surface area contributed by atoms with Gasteiger partial charge in [0.25, 0.3) is 0 Å². The van der Waals surface area contributed by atoms with Crippen LogP contribution in [0.5, 0.6) is 11.5 Å². The van der Waals surface area contributed by atoms with Crippen LogP contribution in [0.2, 0.25) is 0 Å². The van der Waals surface area contributed by atoms with Gasteiger partial charge in [0.2, 0.25) is 0 Å². The Balaban J connectivity index is 1.75. The molecule has 0 bridgehead atoms. The molecule has 0 fully saturated rings. The van der Waals surface area contributed by atoms with E-state index < -0.39 is 10.1 Å². The average molecular weight is 473 g/mol. The number of aromatic nitrogens is 2. The summed E-state index contributed by atoms with van der Waals surface area (Å²) in [5.41, 5.74) is 3.29. The average Bonchev–Trinajstić information content (AvgIpc) is 3.21. The van der Waals surface area contributed by atoms with Gasteiger partial charge in [-0.2, -0.15) is 8.42 Å². The summed E-state index contributed by atoms with van der Waals surface area (Å²) < 4.78 is 39.6. The molecular weight excluding hydrogens is 448 g/mol. The summed E-state index contributed by atoms with van der Waals surface area (Å²) in [6.07, 6.45) is 0. The first-order valence-electron chi connectivity index (χ1n) is 11.0. The number of benzene rings is 4. The van der Waals surface area contributed by atoms with Gasteiger partial charge in [-0.3, -0.25) is 0 Å². The highest BCUT2D eigenvalue weighted by molar-refractivity contribution is 7.87. The van der Waals surface area contributed by atoms with Gasteiger partial charge >= 0.3 is 10.1 Å². The minimum absolute atomic E-state index is 0.103. The van der Waals surface area contributed by atoms with Crippen molar-refractivity contribution in [2.24, 2.45) is 0 Å². The van der Waals surface area contributed by atoms with Gasteiger partial charge in [-0.05, 0) is 55.0 Å². The van der Waals surface area contributed by atoms with E-state index in [4.69, 9.17) is 13.9 Å². The largest absolute Gasteiger partial charge is 0.497 e. The summed E-state index contributed by atoms with van der Waals surface area (Å²) in [4.78, 5) is 4.99. The van der Waals surface area contributed by atoms with E-state index in [2.05, 4.69) is 0 Å².